The van der Waals surface area contributed by atoms with Gasteiger partial charge >= 0.3 is 0 Å². The molecule has 1 rings (SSSR count). The molecule has 1 aromatic rings. The third-order valence-corrected chi connectivity index (χ3v) is 1.68. The van der Waals surface area contributed by atoms with Crippen LogP contribution in [0.15, 0.2) is 18.5 Å². The molecule has 1 heterocycles. The zero-order valence-electron chi connectivity index (χ0n) is 7.95. The number of nitrogens with one attached hydrogen (secondary N) is 2. The molecule has 0 aliphatic rings. The second kappa shape index (κ2) is 6.51. The fourth-order valence-electron chi connectivity index (χ4n) is 1.01. The molecule has 0 saturated heterocycles. The first kappa shape index (κ1) is 10.1. The molecule has 72 valence electrons. The van der Waals surface area contributed by atoms with Gasteiger partial charge in [-0.2, -0.15) is 0 Å². The van der Waals surface area contributed by atoms with Crippen LogP contribution >= 0.6 is 0 Å². The summed E-state index contributed by atoms with van der Waals surface area (Å²) in [5.74, 6) is 0.854. The zero-order valence-corrected chi connectivity index (χ0v) is 7.95. The summed E-state index contributed by atoms with van der Waals surface area (Å²) < 4.78 is 0. The third kappa shape index (κ3) is 4.55. The average Bonchev–Trinajstić information content (AvgIpc) is 2.19. The van der Waals surface area contributed by atoms with Crippen molar-refractivity contribution in [3.05, 3.63) is 24.3 Å². The van der Waals surface area contributed by atoms with Gasteiger partial charge < -0.3 is 10.6 Å². The summed E-state index contributed by atoms with van der Waals surface area (Å²) >= 11 is 0. The molecule has 0 aliphatic carbocycles. The van der Waals surface area contributed by atoms with Crippen LogP contribution < -0.4 is 10.6 Å². The van der Waals surface area contributed by atoms with E-state index in [-0.39, 0.29) is 0 Å². The van der Waals surface area contributed by atoms with Crippen molar-refractivity contribution < 1.29 is 0 Å². The van der Waals surface area contributed by atoms with Crippen LogP contribution in [0.2, 0.25) is 0 Å². The van der Waals surface area contributed by atoms with Gasteiger partial charge in [0.15, 0.2) is 0 Å². The Balaban J connectivity index is 2.07. The van der Waals surface area contributed by atoms with Crippen LogP contribution in [0.25, 0.3) is 0 Å². The van der Waals surface area contributed by atoms with E-state index in [9.17, 15) is 0 Å². The van der Waals surface area contributed by atoms with Gasteiger partial charge in [0.2, 0.25) is 0 Å². The maximum absolute atomic E-state index is 4.11. The van der Waals surface area contributed by atoms with Gasteiger partial charge in [-0.05, 0) is 32.6 Å². The Labute approximate surface area is 78.8 Å². The number of rotatable bonds is 6. The molecular weight excluding hydrogens is 164 g/mol. The number of hydrogen-bond acceptors (Lipinski definition) is 4. The molecule has 0 aromatic carbocycles. The predicted molar refractivity (Wildman–Crippen MR) is 52.3 cm³/mol. The molecule has 2 N–H and O–H groups in total. The monoisotopic (exact) mass is 180 g/mol. The smallest absolute Gasteiger partial charge is 0.141 e. The van der Waals surface area contributed by atoms with Crippen LogP contribution in [0.4, 0.5) is 0 Å². The molecule has 4 nitrogen and oxygen atoms in total. The maximum atomic E-state index is 4.11. The molecular formula is C9H16N4. The largest absolute Gasteiger partial charge is 0.320 e. The molecule has 4 heteroatoms. The molecule has 0 atom stereocenters. The molecule has 0 saturated carbocycles. The highest BCUT2D eigenvalue weighted by molar-refractivity contribution is 4.87. The molecule has 0 unspecified atom stereocenters. The fraction of sp³-hybridized carbons (Fsp3) is 0.556. The molecule has 1 aromatic heterocycles. The second-order valence-electron chi connectivity index (χ2n) is 2.80. The van der Waals surface area contributed by atoms with Gasteiger partial charge in [-0.3, -0.25) is 0 Å². The lowest BCUT2D eigenvalue weighted by Gasteiger charge is -2.02. The first-order valence-corrected chi connectivity index (χ1v) is 4.54. The van der Waals surface area contributed by atoms with E-state index in [1.807, 2.05) is 13.1 Å². The highest BCUT2D eigenvalue weighted by atomic mass is 15.0. The predicted octanol–water partition coefficient (Wildman–Crippen LogP) is 0.176. The summed E-state index contributed by atoms with van der Waals surface area (Å²) in [7, 11) is 1.96. The van der Waals surface area contributed by atoms with Gasteiger partial charge in [-0.15, -0.1) is 0 Å². The molecule has 0 radical (unpaired) electrons. The van der Waals surface area contributed by atoms with Crippen molar-refractivity contribution in [1.29, 1.82) is 0 Å². The molecule has 0 bridgehead atoms. The minimum Gasteiger partial charge on any atom is -0.320 e. The third-order valence-electron chi connectivity index (χ3n) is 1.68. The fourth-order valence-corrected chi connectivity index (χ4v) is 1.01. The van der Waals surface area contributed by atoms with Gasteiger partial charge in [-0.25, -0.2) is 9.97 Å². The van der Waals surface area contributed by atoms with E-state index in [0.717, 1.165) is 31.9 Å². The lowest BCUT2D eigenvalue weighted by molar-refractivity contribution is 0.610. The van der Waals surface area contributed by atoms with Crippen LogP contribution in [-0.4, -0.2) is 30.1 Å². The summed E-state index contributed by atoms with van der Waals surface area (Å²) in [5, 5.41) is 6.37. The zero-order chi connectivity index (χ0) is 9.36. The normalized spacial score (nSPS) is 10.2. The van der Waals surface area contributed by atoms with Crippen molar-refractivity contribution in [3.63, 3.8) is 0 Å². The van der Waals surface area contributed by atoms with Gasteiger partial charge in [0.25, 0.3) is 0 Å². The van der Waals surface area contributed by atoms with Gasteiger partial charge in [0.1, 0.15) is 5.82 Å². The van der Waals surface area contributed by atoms with E-state index in [4.69, 9.17) is 0 Å². The highest BCUT2D eigenvalue weighted by Gasteiger charge is 1.92. The lowest BCUT2D eigenvalue weighted by atomic mass is 10.4. The van der Waals surface area contributed by atoms with Crippen molar-refractivity contribution in [1.82, 2.24) is 20.6 Å². The van der Waals surface area contributed by atoms with Crippen molar-refractivity contribution in [2.75, 3.05) is 20.1 Å². The van der Waals surface area contributed by atoms with Crippen LogP contribution in [0, 0.1) is 0 Å². The first-order chi connectivity index (χ1) is 6.43. The van der Waals surface area contributed by atoms with Crippen molar-refractivity contribution in [2.45, 2.75) is 13.0 Å². The van der Waals surface area contributed by atoms with E-state index < -0.39 is 0 Å². The van der Waals surface area contributed by atoms with E-state index in [1.54, 1.807) is 12.4 Å². The Hall–Kier alpha value is -1.00. The van der Waals surface area contributed by atoms with E-state index in [1.165, 1.54) is 0 Å². The maximum Gasteiger partial charge on any atom is 0.141 e. The summed E-state index contributed by atoms with van der Waals surface area (Å²) in [6.45, 7) is 2.80. The Morgan fingerprint density at radius 1 is 1.23 bits per heavy atom. The number of aromatic nitrogens is 2. The van der Waals surface area contributed by atoms with Crippen molar-refractivity contribution in [2.24, 2.45) is 0 Å². The number of nitrogens with zero attached hydrogens (tertiary/aromatic N) is 2. The summed E-state index contributed by atoms with van der Waals surface area (Å²) in [6, 6.07) is 1.82. The van der Waals surface area contributed by atoms with E-state index in [2.05, 4.69) is 20.6 Å². The summed E-state index contributed by atoms with van der Waals surface area (Å²) in [6.07, 6.45) is 4.65. The summed E-state index contributed by atoms with van der Waals surface area (Å²) in [5.41, 5.74) is 0. The Morgan fingerprint density at radius 2 is 2.00 bits per heavy atom. The Bertz CT molecular complexity index is 212. The van der Waals surface area contributed by atoms with Crippen LogP contribution in [0.3, 0.4) is 0 Å². The van der Waals surface area contributed by atoms with Crippen LogP contribution in [0.5, 0.6) is 0 Å². The van der Waals surface area contributed by atoms with Gasteiger partial charge in [0, 0.05) is 12.4 Å². The molecule has 0 spiro atoms. The van der Waals surface area contributed by atoms with Gasteiger partial charge in [-0.1, -0.05) is 0 Å². The topological polar surface area (TPSA) is 49.8 Å². The van der Waals surface area contributed by atoms with E-state index in [0.29, 0.717) is 0 Å². The first-order valence-electron chi connectivity index (χ1n) is 4.54. The van der Waals surface area contributed by atoms with Gasteiger partial charge in [0.05, 0.1) is 6.54 Å². The van der Waals surface area contributed by atoms with Crippen LogP contribution in [0.1, 0.15) is 12.2 Å². The molecule has 0 aliphatic heterocycles. The van der Waals surface area contributed by atoms with Crippen LogP contribution in [-0.2, 0) is 6.54 Å². The lowest BCUT2D eigenvalue weighted by Crippen LogP contribution is -2.20. The van der Waals surface area contributed by atoms with Crippen molar-refractivity contribution in [3.8, 4) is 0 Å². The minimum absolute atomic E-state index is 0.755. The summed E-state index contributed by atoms with van der Waals surface area (Å²) in [4.78, 5) is 8.21. The minimum atomic E-state index is 0.755. The Kier molecular flexibility index (Phi) is 5.05. The SMILES string of the molecule is CNCCCNCc1ncccn1. The average molecular weight is 180 g/mol. The molecule has 13 heavy (non-hydrogen) atoms. The van der Waals surface area contributed by atoms with Crippen molar-refractivity contribution >= 4 is 0 Å². The molecule has 0 fully saturated rings. The Morgan fingerprint density at radius 3 is 2.69 bits per heavy atom. The standard InChI is InChI=1S/C9H16N4/c1-10-4-2-5-11-8-9-12-6-3-7-13-9/h3,6-7,10-11H,2,4-5,8H2,1H3. The van der Waals surface area contributed by atoms with E-state index >= 15 is 0 Å². The highest BCUT2D eigenvalue weighted by Crippen LogP contribution is 1.85. The number of hydrogen-bond donors (Lipinski definition) is 2. The quantitative estimate of drug-likeness (QED) is 0.613. The second-order valence-corrected chi connectivity index (χ2v) is 2.80. The molecule has 0 amide bonds.